The number of rotatable bonds is 4. The van der Waals surface area contributed by atoms with Gasteiger partial charge in [0.15, 0.2) is 0 Å². The van der Waals surface area contributed by atoms with Crippen LogP contribution in [0.1, 0.15) is 28.9 Å². The van der Waals surface area contributed by atoms with Gasteiger partial charge in [-0.2, -0.15) is 4.31 Å². The van der Waals surface area contributed by atoms with E-state index >= 15 is 0 Å². The van der Waals surface area contributed by atoms with Gasteiger partial charge in [-0.3, -0.25) is 0 Å². The number of halogens is 1. The van der Waals surface area contributed by atoms with Crippen LogP contribution in [-0.2, 0) is 17.1 Å². The zero-order valence-corrected chi connectivity index (χ0v) is 15.6. The summed E-state index contributed by atoms with van der Waals surface area (Å²) in [6.45, 7) is 2.88. The van der Waals surface area contributed by atoms with Crippen LogP contribution < -0.4 is 4.74 Å². The number of nitrogens with zero attached hydrogens (tertiary/aromatic N) is 2. The Balaban J connectivity index is 1.87. The Kier molecular flexibility index (Phi) is 4.90. The third kappa shape index (κ3) is 3.58. The minimum absolute atomic E-state index is 0.0965. The number of carbonyl (C=O) groups is 1. The molecule has 0 aliphatic carbocycles. The average molecular weight is 383 g/mol. The van der Waals surface area contributed by atoms with Gasteiger partial charge in [-0.25, -0.2) is 13.2 Å². The molecule has 0 spiro atoms. The maximum absolute atomic E-state index is 12.6. The Morgan fingerprint density at radius 3 is 2.56 bits per heavy atom. The van der Waals surface area contributed by atoms with Crippen molar-refractivity contribution < 1.29 is 17.9 Å². The Morgan fingerprint density at radius 1 is 1.20 bits per heavy atom. The predicted octanol–water partition coefficient (Wildman–Crippen LogP) is 2.99. The first kappa shape index (κ1) is 18.0. The summed E-state index contributed by atoms with van der Waals surface area (Å²) in [5.74, 6) is -0.408. The first-order valence-corrected chi connectivity index (χ1v) is 9.75. The SMILES string of the molecule is Cc1ccc(Cl)c(OC(=O)c2cc(S(=O)(=O)N3CCCC3)cn2C)c1. The lowest BCUT2D eigenvalue weighted by atomic mass is 10.2. The summed E-state index contributed by atoms with van der Waals surface area (Å²) in [5.41, 5.74) is 1.05. The van der Waals surface area contributed by atoms with Crippen LogP contribution in [0.5, 0.6) is 5.75 Å². The third-order valence-corrected chi connectivity index (χ3v) is 6.36. The Labute approximate surface area is 152 Å². The van der Waals surface area contributed by atoms with Gasteiger partial charge in [-0.05, 0) is 43.5 Å². The highest BCUT2D eigenvalue weighted by Crippen LogP contribution is 2.27. The number of ether oxygens (including phenoxy) is 1. The van der Waals surface area contributed by atoms with E-state index in [1.807, 2.05) is 13.0 Å². The quantitative estimate of drug-likeness (QED) is 0.602. The van der Waals surface area contributed by atoms with E-state index in [-0.39, 0.29) is 16.3 Å². The summed E-state index contributed by atoms with van der Waals surface area (Å²) in [6, 6.07) is 6.46. The number of aromatic nitrogens is 1. The monoisotopic (exact) mass is 382 g/mol. The second-order valence-electron chi connectivity index (χ2n) is 6.11. The van der Waals surface area contributed by atoms with E-state index in [0.717, 1.165) is 18.4 Å². The highest BCUT2D eigenvalue weighted by atomic mass is 35.5. The molecule has 8 heteroatoms. The molecule has 6 nitrogen and oxygen atoms in total. The Morgan fingerprint density at radius 2 is 1.88 bits per heavy atom. The van der Waals surface area contributed by atoms with Crippen LogP contribution in [-0.4, -0.2) is 36.3 Å². The number of hydrogen-bond acceptors (Lipinski definition) is 4. The molecule has 1 aromatic carbocycles. The van der Waals surface area contributed by atoms with Crippen molar-refractivity contribution >= 4 is 27.6 Å². The van der Waals surface area contributed by atoms with E-state index in [0.29, 0.717) is 18.1 Å². The molecule has 2 heterocycles. The smallest absolute Gasteiger partial charge is 0.360 e. The average Bonchev–Trinajstić information content (AvgIpc) is 3.21. The van der Waals surface area contributed by atoms with Crippen LogP contribution in [0.15, 0.2) is 35.4 Å². The lowest BCUT2D eigenvalue weighted by molar-refractivity contribution is 0.0725. The summed E-state index contributed by atoms with van der Waals surface area (Å²) in [7, 11) is -1.97. The molecule has 134 valence electrons. The fourth-order valence-electron chi connectivity index (χ4n) is 2.80. The van der Waals surface area contributed by atoms with Gasteiger partial charge in [0.1, 0.15) is 16.3 Å². The van der Waals surface area contributed by atoms with E-state index < -0.39 is 16.0 Å². The summed E-state index contributed by atoms with van der Waals surface area (Å²) in [6.07, 6.45) is 3.14. The van der Waals surface area contributed by atoms with Gasteiger partial charge in [-0.1, -0.05) is 17.7 Å². The first-order valence-electron chi connectivity index (χ1n) is 7.94. The number of esters is 1. The third-order valence-electron chi connectivity index (χ3n) is 4.18. The van der Waals surface area contributed by atoms with Crippen molar-refractivity contribution in [3.8, 4) is 5.75 Å². The van der Waals surface area contributed by atoms with Gasteiger partial charge in [0, 0.05) is 26.3 Å². The van der Waals surface area contributed by atoms with E-state index in [9.17, 15) is 13.2 Å². The Hall–Kier alpha value is -1.83. The van der Waals surface area contributed by atoms with Crippen molar-refractivity contribution in [2.45, 2.75) is 24.7 Å². The van der Waals surface area contributed by atoms with Crippen LogP contribution in [0.3, 0.4) is 0 Å². The van der Waals surface area contributed by atoms with Gasteiger partial charge in [0.05, 0.1) is 5.02 Å². The van der Waals surface area contributed by atoms with Crippen molar-refractivity contribution in [1.29, 1.82) is 0 Å². The molecule has 25 heavy (non-hydrogen) atoms. The fraction of sp³-hybridized carbons (Fsp3) is 0.353. The van der Waals surface area contributed by atoms with Crippen LogP contribution in [0, 0.1) is 6.92 Å². The van der Waals surface area contributed by atoms with E-state index in [2.05, 4.69) is 0 Å². The molecule has 0 amide bonds. The van der Waals surface area contributed by atoms with Crippen LogP contribution in [0.4, 0.5) is 0 Å². The molecule has 1 aliphatic heterocycles. The summed E-state index contributed by atoms with van der Waals surface area (Å²) >= 11 is 6.04. The van der Waals surface area contributed by atoms with Gasteiger partial charge < -0.3 is 9.30 Å². The second kappa shape index (κ2) is 6.82. The summed E-state index contributed by atoms with van der Waals surface area (Å²) in [4.78, 5) is 12.5. The van der Waals surface area contributed by atoms with Crippen molar-refractivity contribution in [2.75, 3.05) is 13.1 Å². The molecule has 0 N–H and O–H groups in total. The van der Waals surface area contributed by atoms with Crippen molar-refractivity contribution in [1.82, 2.24) is 8.87 Å². The molecule has 0 bridgehead atoms. The van der Waals surface area contributed by atoms with E-state index in [4.69, 9.17) is 16.3 Å². The maximum atomic E-state index is 12.6. The highest BCUT2D eigenvalue weighted by Gasteiger charge is 2.29. The minimum atomic E-state index is -3.58. The fourth-order valence-corrected chi connectivity index (χ4v) is 4.54. The lowest BCUT2D eigenvalue weighted by Crippen LogP contribution is -2.27. The van der Waals surface area contributed by atoms with E-state index in [1.165, 1.54) is 21.1 Å². The van der Waals surface area contributed by atoms with Gasteiger partial charge >= 0.3 is 5.97 Å². The number of carbonyl (C=O) groups excluding carboxylic acids is 1. The molecule has 0 unspecified atom stereocenters. The van der Waals surface area contributed by atoms with E-state index in [1.54, 1.807) is 19.2 Å². The van der Waals surface area contributed by atoms with Crippen molar-refractivity contribution in [3.05, 3.63) is 46.7 Å². The number of aryl methyl sites for hydroxylation is 2. The zero-order chi connectivity index (χ0) is 18.2. The number of benzene rings is 1. The Bertz CT molecular complexity index is 915. The van der Waals surface area contributed by atoms with Gasteiger partial charge in [-0.15, -0.1) is 0 Å². The number of hydrogen-bond donors (Lipinski definition) is 0. The normalized spacial score (nSPS) is 15.5. The van der Waals surface area contributed by atoms with Crippen LogP contribution in [0.25, 0.3) is 0 Å². The largest absolute Gasteiger partial charge is 0.420 e. The zero-order valence-electron chi connectivity index (χ0n) is 14.0. The maximum Gasteiger partial charge on any atom is 0.360 e. The summed E-state index contributed by atoms with van der Waals surface area (Å²) < 4.78 is 33.5. The highest BCUT2D eigenvalue weighted by molar-refractivity contribution is 7.89. The van der Waals surface area contributed by atoms with Crippen molar-refractivity contribution in [3.63, 3.8) is 0 Å². The molecule has 0 atom stereocenters. The molecule has 3 rings (SSSR count). The molecular formula is C17H19ClN2O4S. The van der Waals surface area contributed by atoms with Crippen LogP contribution in [0.2, 0.25) is 5.02 Å². The molecule has 2 aromatic rings. The summed E-state index contributed by atoms with van der Waals surface area (Å²) in [5, 5.41) is 0.318. The first-order chi connectivity index (χ1) is 11.8. The molecule has 1 aliphatic rings. The predicted molar refractivity (Wildman–Crippen MR) is 94.6 cm³/mol. The topological polar surface area (TPSA) is 68.6 Å². The minimum Gasteiger partial charge on any atom is -0.420 e. The van der Waals surface area contributed by atoms with Gasteiger partial charge in [0.25, 0.3) is 0 Å². The van der Waals surface area contributed by atoms with Gasteiger partial charge in [0.2, 0.25) is 10.0 Å². The molecule has 1 aromatic heterocycles. The van der Waals surface area contributed by atoms with Crippen LogP contribution >= 0.6 is 11.6 Å². The molecular weight excluding hydrogens is 364 g/mol. The molecule has 1 saturated heterocycles. The molecule has 0 saturated carbocycles. The standard InChI is InChI=1S/C17H19ClN2O4S/c1-12-5-6-14(18)16(9-12)24-17(21)15-10-13(11-19(15)2)25(22,23)20-7-3-4-8-20/h5-6,9-11H,3-4,7-8H2,1-2H3. The number of sulfonamides is 1. The lowest BCUT2D eigenvalue weighted by Gasteiger charge is -2.13. The molecule has 1 fully saturated rings. The molecule has 0 radical (unpaired) electrons. The van der Waals surface area contributed by atoms with Crippen molar-refractivity contribution in [2.24, 2.45) is 7.05 Å². The second-order valence-corrected chi connectivity index (χ2v) is 8.45.